The van der Waals surface area contributed by atoms with Crippen LogP contribution in [-0.2, 0) is 24.3 Å². The lowest BCUT2D eigenvalue weighted by atomic mass is 10.2. The summed E-state index contributed by atoms with van der Waals surface area (Å²) in [5.74, 6) is -1.15. The first kappa shape index (κ1) is 27.5. The first-order valence-corrected chi connectivity index (χ1v) is 12.2. The number of aryl methyl sites for hydroxylation is 2. The van der Waals surface area contributed by atoms with Gasteiger partial charge in [-0.3, -0.25) is 9.59 Å². The van der Waals surface area contributed by atoms with Crippen molar-refractivity contribution in [1.29, 1.82) is 0 Å². The van der Waals surface area contributed by atoms with E-state index in [1.54, 1.807) is 40.7 Å². The molecule has 4 N–H and O–H groups in total. The van der Waals surface area contributed by atoms with E-state index in [0.717, 1.165) is 0 Å². The van der Waals surface area contributed by atoms with E-state index in [1.807, 2.05) is 0 Å². The highest BCUT2D eigenvalue weighted by Crippen LogP contribution is 2.17. The average molecular weight is 507 g/mol. The number of amides is 3. The molecule has 190 valence electrons. The van der Waals surface area contributed by atoms with Crippen molar-refractivity contribution in [3.63, 3.8) is 0 Å². The van der Waals surface area contributed by atoms with Crippen LogP contribution in [0.15, 0.2) is 35.2 Å². The van der Waals surface area contributed by atoms with E-state index < -0.39 is 39.6 Å². The van der Waals surface area contributed by atoms with Crippen molar-refractivity contribution in [2.45, 2.75) is 58.1 Å². The molecule has 0 radical (unpaired) electrons. The summed E-state index contributed by atoms with van der Waals surface area (Å²) >= 11 is 0. The monoisotopic (exact) mass is 506 g/mol. The fraction of sp³-hybridized carbons (Fsp3) is 0.409. The third-order valence-electron chi connectivity index (χ3n) is 4.21. The molecule has 0 aliphatic rings. The second-order valence-electron chi connectivity index (χ2n) is 8.74. The molecule has 1 heterocycles. The van der Waals surface area contributed by atoms with Crippen molar-refractivity contribution in [2.75, 3.05) is 16.6 Å². The molecular formula is C22H30N6O6S. The quantitative estimate of drug-likeness (QED) is 0.421. The van der Waals surface area contributed by atoms with Crippen LogP contribution in [0.3, 0.4) is 0 Å². The summed E-state index contributed by atoms with van der Waals surface area (Å²) in [6.07, 6.45) is -0.752. The van der Waals surface area contributed by atoms with Crippen molar-refractivity contribution in [1.82, 2.24) is 20.6 Å². The number of anilines is 2. The van der Waals surface area contributed by atoms with Gasteiger partial charge in [0.15, 0.2) is 0 Å². The van der Waals surface area contributed by atoms with Gasteiger partial charge in [0.25, 0.3) is 10.0 Å². The van der Waals surface area contributed by atoms with E-state index in [-0.39, 0.29) is 17.4 Å². The third-order valence-corrected chi connectivity index (χ3v) is 5.55. The molecule has 0 unspecified atom stereocenters. The number of carbonyl (C=O) groups is 3. The van der Waals surface area contributed by atoms with Crippen LogP contribution < -0.4 is 20.7 Å². The molecule has 0 aliphatic heterocycles. The Bertz CT molecular complexity index is 1170. The highest BCUT2D eigenvalue weighted by Gasteiger charge is 2.21. The Morgan fingerprint density at radius 3 is 2.14 bits per heavy atom. The number of sulfonamides is 1. The fourth-order valence-electron chi connectivity index (χ4n) is 2.74. The number of hydrogen-bond acceptors (Lipinski definition) is 8. The summed E-state index contributed by atoms with van der Waals surface area (Å²) in [6, 6.07) is 6.23. The van der Waals surface area contributed by atoms with E-state index >= 15 is 0 Å². The number of hydrogen-bond donors (Lipinski definition) is 4. The van der Waals surface area contributed by atoms with Gasteiger partial charge in [0.1, 0.15) is 11.6 Å². The molecule has 12 nitrogen and oxygen atoms in total. The van der Waals surface area contributed by atoms with Gasteiger partial charge in [0, 0.05) is 17.1 Å². The molecule has 0 fully saturated rings. The third kappa shape index (κ3) is 9.20. The second kappa shape index (κ2) is 11.1. The first-order valence-electron chi connectivity index (χ1n) is 10.7. The van der Waals surface area contributed by atoms with Crippen LogP contribution in [0.2, 0.25) is 0 Å². The van der Waals surface area contributed by atoms with Gasteiger partial charge in [0.2, 0.25) is 17.8 Å². The molecule has 0 aliphatic carbocycles. The Balaban J connectivity index is 1.88. The highest BCUT2D eigenvalue weighted by atomic mass is 32.2. The summed E-state index contributed by atoms with van der Waals surface area (Å²) in [4.78, 5) is 44.1. The van der Waals surface area contributed by atoms with Crippen LogP contribution in [-0.4, -0.2) is 54.5 Å². The van der Waals surface area contributed by atoms with E-state index in [4.69, 9.17) is 4.74 Å². The number of benzene rings is 1. The van der Waals surface area contributed by atoms with Gasteiger partial charge in [-0.2, -0.15) is 0 Å². The molecule has 2 rings (SSSR count). The van der Waals surface area contributed by atoms with Crippen molar-refractivity contribution < 1.29 is 27.5 Å². The lowest BCUT2D eigenvalue weighted by molar-refractivity contribution is -0.125. The molecule has 1 aromatic heterocycles. The van der Waals surface area contributed by atoms with Gasteiger partial charge in [0.05, 0.1) is 11.4 Å². The summed E-state index contributed by atoms with van der Waals surface area (Å²) in [5.41, 5.74) is 0.856. The number of rotatable bonds is 8. The summed E-state index contributed by atoms with van der Waals surface area (Å²) in [5, 5.41) is 7.32. The number of nitrogens with zero attached hydrogens (tertiary/aromatic N) is 2. The van der Waals surface area contributed by atoms with Crippen molar-refractivity contribution >= 4 is 39.6 Å². The number of ether oxygens (including phenoxy) is 1. The van der Waals surface area contributed by atoms with Gasteiger partial charge in [-0.15, -0.1) is 0 Å². The van der Waals surface area contributed by atoms with Crippen LogP contribution in [0.25, 0.3) is 0 Å². The Morgan fingerprint density at radius 2 is 1.60 bits per heavy atom. The molecule has 1 atom stereocenters. The Labute approximate surface area is 204 Å². The molecule has 1 aromatic carbocycles. The number of nitrogens with one attached hydrogen (secondary N) is 4. The fourth-order valence-corrected chi connectivity index (χ4v) is 3.69. The maximum atomic E-state index is 12.6. The zero-order chi connectivity index (χ0) is 26.4. The lowest BCUT2D eigenvalue weighted by Gasteiger charge is -2.21. The average Bonchev–Trinajstić information content (AvgIpc) is 2.69. The second-order valence-corrected chi connectivity index (χ2v) is 10.4. The molecule has 13 heteroatoms. The normalized spacial score (nSPS) is 12.3. The maximum Gasteiger partial charge on any atom is 0.408 e. The zero-order valence-corrected chi connectivity index (χ0v) is 21.2. The minimum Gasteiger partial charge on any atom is -0.444 e. The minimum absolute atomic E-state index is 0.0361. The smallest absolute Gasteiger partial charge is 0.408 e. The number of aromatic nitrogens is 2. The van der Waals surface area contributed by atoms with Crippen molar-refractivity contribution in [3.05, 3.63) is 41.7 Å². The Hall–Kier alpha value is -3.74. The Morgan fingerprint density at radius 1 is 1.03 bits per heavy atom. The molecular weight excluding hydrogens is 476 g/mol. The van der Waals surface area contributed by atoms with E-state index in [1.165, 1.54) is 31.2 Å². The van der Waals surface area contributed by atoms with Gasteiger partial charge >= 0.3 is 6.09 Å². The Kier molecular flexibility index (Phi) is 8.74. The number of carbonyl (C=O) groups excluding carboxylic acids is 3. The van der Waals surface area contributed by atoms with Crippen LogP contribution >= 0.6 is 0 Å². The lowest BCUT2D eigenvalue weighted by Crippen LogP contribution is -2.47. The predicted molar refractivity (Wildman–Crippen MR) is 129 cm³/mol. The summed E-state index contributed by atoms with van der Waals surface area (Å²) < 4.78 is 32.6. The molecule has 35 heavy (non-hydrogen) atoms. The van der Waals surface area contributed by atoms with E-state index in [0.29, 0.717) is 17.1 Å². The minimum atomic E-state index is -3.93. The summed E-state index contributed by atoms with van der Waals surface area (Å²) in [7, 11) is -3.93. The zero-order valence-electron chi connectivity index (χ0n) is 20.4. The van der Waals surface area contributed by atoms with Crippen LogP contribution in [0.4, 0.5) is 16.4 Å². The standard InChI is InChI=1S/C22H30N6O6S/c1-13-11-14(2)25-20(24-13)28-35(32,33)17-9-7-16(8-10-17)27-18(29)12-23-19(30)15(3)26-21(31)34-22(4,5)6/h7-11,15H,12H2,1-6H3,(H,23,30)(H,26,31)(H,27,29)(H,24,25,28)/t15-/m0/s1. The molecule has 0 saturated carbocycles. The van der Waals surface area contributed by atoms with E-state index in [9.17, 15) is 22.8 Å². The van der Waals surface area contributed by atoms with Crippen molar-refractivity contribution in [2.24, 2.45) is 0 Å². The van der Waals surface area contributed by atoms with Gasteiger partial charge in [-0.1, -0.05) is 0 Å². The van der Waals surface area contributed by atoms with Gasteiger partial charge in [-0.25, -0.2) is 27.9 Å². The van der Waals surface area contributed by atoms with Gasteiger partial charge < -0.3 is 20.7 Å². The number of alkyl carbamates (subject to hydrolysis) is 1. The summed E-state index contributed by atoms with van der Waals surface area (Å²) in [6.45, 7) is 9.63. The molecule has 2 aromatic rings. The van der Waals surface area contributed by atoms with Crippen LogP contribution in [0.5, 0.6) is 0 Å². The topological polar surface area (TPSA) is 168 Å². The molecule has 3 amide bonds. The highest BCUT2D eigenvalue weighted by molar-refractivity contribution is 7.92. The van der Waals surface area contributed by atoms with Crippen LogP contribution in [0.1, 0.15) is 39.1 Å². The van der Waals surface area contributed by atoms with Crippen molar-refractivity contribution in [3.8, 4) is 0 Å². The SMILES string of the molecule is Cc1cc(C)nc(NS(=O)(=O)c2ccc(NC(=O)CNC(=O)[C@H](C)NC(=O)OC(C)(C)C)cc2)n1. The van der Waals surface area contributed by atoms with E-state index in [2.05, 4.69) is 30.6 Å². The first-order chi connectivity index (χ1) is 16.1. The molecule has 0 spiro atoms. The maximum absolute atomic E-state index is 12.6. The molecule has 0 bridgehead atoms. The van der Waals surface area contributed by atoms with Crippen LogP contribution in [0, 0.1) is 13.8 Å². The van der Waals surface area contributed by atoms with Gasteiger partial charge in [-0.05, 0) is 71.9 Å². The largest absolute Gasteiger partial charge is 0.444 e. The predicted octanol–water partition coefficient (Wildman–Crippen LogP) is 1.86. The molecule has 0 saturated heterocycles.